The number of aromatic nitrogens is 2. The van der Waals surface area contributed by atoms with Crippen LogP contribution < -0.4 is 5.32 Å². The first-order chi connectivity index (χ1) is 10.4. The lowest BCUT2D eigenvalue weighted by atomic mass is 10.1. The minimum atomic E-state index is -0.733. The van der Waals surface area contributed by atoms with E-state index in [1.54, 1.807) is 0 Å². The van der Waals surface area contributed by atoms with Crippen molar-refractivity contribution >= 4 is 0 Å². The highest BCUT2D eigenvalue weighted by molar-refractivity contribution is 5.15. The lowest BCUT2D eigenvalue weighted by molar-refractivity contribution is 0.0336. The summed E-state index contributed by atoms with van der Waals surface area (Å²) in [6.45, 7) is 4.51. The molecule has 0 aliphatic rings. The molecule has 0 bridgehead atoms. The molecule has 2 N–H and O–H groups in total. The molecule has 0 aliphatic carbocycles. The van der Waals surface area contributed by atoms with Gasteiger partial charge in [-0.25, -0.2) is 0 Å². The highest BCUT2D eigenvalue weighted by Gasteiger charge is 2.20. The van der Waals surface area contributed by atoms with Crippen LogP contribution in [-0.4, -0.2) is 52.6 Å². The molecular formula is C17H26N4O. The second-order valence-electron chi connectivity index (χ2n) is 6.37. The first-order valence-electron chi connectivity index (χ1n) is 7.58. The number of benzene rings is 1. The van der Waals surface area contributed by atoms with Crippen LogP contribution in [-0.2, 0) is 13.1 Å². The minimum absolute atomic E-state index is 0.551. The van der Waals surface area contributed by atoms with Crippen molar-refractivity contribution in [1.29, 1.82) is 0 Å². The highest BCUT2D eigenvalue weighted by Crippen LogP contribution is 2.06. The van der Waals surface area contributed by atoms with Crippen molar-refractivity contribution in [2.45, 2.75) is 25.6 Å². The van der Waals surface area contributed by atoms with Gasteiger partial charge in [0.25, 0.3) is 0 Å². The molecule has 5 nitrogen and oxygen atoms in total. The standard InChI is InChI=1S/C17H26N4O/c1-17(22,14-20(2)3)13-18-9-16-10-19-21(12-16)11-15-7-5-4-6-8-15/h4-8,10,12,18,22H,9,11,13-14H2,1-3H3. The van der Waals surface area contributed by atoms with Crippen LogP contribution in [0.15, 0.2) is 42.7 Å². The second kappa shape index (κ2) is 7.54. The van der Waals surface area contributed by atoms with Crippen molar-refractivity contribution < 1.29 is 5.11 Å². The molecule has 0 amide bonds. The Bertz CT molecular complexity index is 563. The first kappa shape index (κ1) is 16.7. The maximum atomic E-state index is 10.2. The van der Waals surface area contributed by atoms with Gasteiger partial charge in [0.1, 0.15) is 0 Å². The van der Waals surface area contributed by atoms with E-state index in [1.807, 2.05) is 61.2 Å². The number of hydrogen-bond donors (Lipinski definition) is 2. The van der Waals surface area contributed by atoms with Gasteiger partial charge in [-0.05, 0) is 26.6 Å². The summed E-state index contributed by atoms with van der Waals surface area (Å²) in [4.78, 5) is 1.99. The van der Waals surface area contributed by atoms with Gasteiger partial charge in [-0.2, -0.15) is 5.10 Å². The SMILES string of the molecule is CN(C)CC(C)(O)CNCc1cnn(Cc2ccccc2)c1. The average Bonchev–Trinajstić information content (AvgIpc) is 2.85. The molecule has 1 heterocycles. The molecule has 1 atom stereocenters. The molecule has 2 rings (SSSR count). The van der Waals surface area contributed by atoms with E-state index in [1.165, 1.54) is 5.56 Å². The van der Waals surface area contributed by atoms with Gasteiger partial charge in [0, 0.05) is 31.4 Å². The summed E-state index contributed by atoms with van der Waals surface area (Å²) in [5.74, 6) is 0. The molecule has 0 saturated carbocycles. The second-order valence-corrected chi connectivity index (χ2v) is 6.37. The smallest absolute Gasteiger partial charge is 0.0869 e. The van der Waals surface area contributed by atoms with Crippen molar-refractivity contribution in [2.24, 2.45) is 0 Å². The van der Waals surface area contributed by atoms with Gasteiger partial charge in [-0.15, -0.1) is 0 Å². The number of rotatable bonds is 8. The van der Waals surface area contributed by atoms with Gasteiger partial charge in [-0.1, -0.05) is 30.3 Å². The van der Waals surface area contributed by atoms with Crippen molar-refractivity contribution in [2.75, 3.05) is 27.2 Å². The largest absolute Gasteiger partial charge is 0.388 e. The third-order valence-electron chi connectivity index (χ3n) is 3.37. The molecule has 120 valence electrons. The molecule has 22 heavy (non-hydrogen) atoms. The summed E-state index contributed by atoms with van der Waals surface area (Å²) in [7, 11) is 3.92. The van der Waals surface area contributed by atoms with E-state index in [9.17, 15) is 5.11 Å². The Morgan fingerprint density at radius 1 is 1.23 bits per heavy atom. The maximum absolute atomic E-state index is 10.2. The normalized spacial score (nSPS) is 14.2. The van der Waals surface area contributed by atoms with Gasteiger partial charge in [-0.3, -0.25) is 4.68 Å². The van der Waals surface area contributed by atoms with E-state index >= 15 is 0 Å². The molecule has 1 unspecified atom stereocenters. The quantitative estimate of drug-likeness (QED) is 0.772. The monoisotopic (exact) mass is 302 g/mol. The van der Waals surface area contributed by atoms with Gasteiger partial charge < -0.3 is 15.3 Å². The molecule has 0 fully saturated rings. The molecule has 0 aliphatic heterocycles. The predicted octanol–water partition coefficient (Wildman–Crippen LogP) is 1.33. The van der Waals surface area contributed by atoms with E-state index in [0.717, 1.165) is 12.1 Å². The Morgan fingerprint density at radius 3 is 2.64 bits per heavy atom. The van der Waals surface area contributed by atoms with Crippen molar-refractivity contribution in [1.82, 2.24) is 20.0 Å². The van der Waals surface area contributed by atoms with Gasteiger partial charge in [0.05, 0.1) is 18.3 Å². The predicted molar refractivity (Wildman–Crippen MR) is 88.7 cm³/mol. The summed E-state index contributed by atoms with van der Waals surface area (Å²) < 4.78 is 1.93. The van der Waals surface area contributed by atoms with Crippen LogP contribution >= 0.6 is 0 Å². The fourth-order valence-corrected chi connectivity index (χ4v) is 2.57. The summed E-state index contributed by atoms with van der Waals surface area (Å²) in [5, 5.41) is 17.9. The topological polar surface area (TPSA) is 53.3 Å². The first-order valence-corrected chi connectivity index (χ1v) is 7.58. The maximum Gasteiger partial charge on any atom is 0.0869 e. The highest BCUT2D eigenvalue weighted by atomic mass is 16.3. The zero-order valence-electron chi connectivity index (χ0n) is 13.7. The zero-order chi connectivity index (χ0) is 16.0. The van der Waals surface area contributed by atoms with Gasteiger partial charge >= 0.3 is 0 Å². The van der Waals surface area contributed by atoms with E-state index in [4.69, 9.17) is 0 Å². The third-order valence-corrected chi connectivity index (χ3v) is 3.37. The number of nitrogens with one attached hydrogen (secondary N) is 1. The molecular weight excluding hydrogens is 276 g/mol. The number of aliphatic hydroxyl groups is 1. The molecule has 2 aromatic rings. The molecule has 0 spiro atoms. The summed E-state index contributed by atoms with van der Waals surface area (Å²) in [6.07, 6.45) is 3.91. The van der Waals surface area contributed by atoms with E-state index < -0.39 is 5.60 Å². The Labute approximate surface area is 132 Å². The lowest BCUT2D eigenvalue weighted by Crippen LogP contribution is -2.45. The van der Waals surface area contributed by atoms with Crippen molar-refractivity contribution in [3.05, 3.63) is 53.9 Å². The fraction of sp³-hybridized carbons (Fsp3) is 0.471. The van der Waals surface area contributed by atoms with Gasteiger partial charge in [0.2, 0.25) is 0 Å². The van der Waals surface area contributed by atoms with E-state index in [0.29, 0.717) is 19.6 Å². The lowest BCUT2D eigenvalue weighted by Gasteiger charge is -2.27. The summed E-state index contributed by atoms with van der Waals surface area (Å²) >= 11 is 0. The molecule has 0 saturated heterocycles. The Kier molecular flexibility index (Phi) is 5.71. The molecule has 0 radical (unpaired) electrons. The van der Waals surface area contributed by atoms with Crippen LogP contribution in [0.3, 0.4) is 0 Å². The van der Waals surface area contributed by atoms with Crippen LogP contribution in [0.4, 0.5) is 0 Å². The van der Waals surface area contributed by atoms with Crippen LogP contribution in [0.5, 0.6) is 0 Å². The van der Waals surface area contributed by atoms with Crippen LogP contribution in [0.1, 0.15) is 18.1 Å². The molecule has 5 heteroatoms. The van der Waals surface area contributed by atoms with Crippen molar-refractivity contribution in [3.8, 4) is 0 Å². The fourth-order valence-electron chi connectivity index (χ4n) is 2.57. The Balaban J connectivity index is 1.80. The van der Waals surface area contributed by atoms with Crippen molar-refractivity contribution in [3.63, 3.8) is 0 Å². The summed E-state index contributed by atoms with van der Waals surface area (Å²) in [5.41, 5.74) is 1.62. The van der Waals surface area contributed by atoms with Gasteiger partial charge in [0.15, 0.2) is 0 Å². The van der Waals surface area contributed by atoms with Crippen LogP contribution in [0.2, 0.25) is 0 Å². The number of hydrogen-bond acceptors (Lipinski definition) is 4. The average molecular weight is 302 g/mol. The van der Waals surface area contributed by atoms with Crippen LogP contribution in [0.25, 0.3) is 0 Å². The third kappa shape index (κ3) is 5.60. The van der Waals surface area contributed by atoms with E-state index in [2.05, 4.69) is 22.5 Å². The minimum Gasteiger partial charge on any atom is -0.388 e. The van der Waals surface area contributed by atoms with E-state index in [-0.39, 0.29) is 0 Å². The zero-order valence-corrected chi connectivity index (χ0v) is 13.7. The summed E-state index contributed by atoms with van der Waals surface area (Å²) in [6, 6.07) is 10.3. The molecule has 1 aromatic carbocycles. The Morgan fingerprint density at radius 2 is 1.95 bits per heavy atom. The number of nitrogens with zero attached hydrogens (tertiary/aromatic N) is 3. The molecule has 1 aromatic heterocycles. The van der Waals surface area contributed by atoms with Crippen LogP contribution in [0, 0.1) is 0 Å². The number of likely N-dealkylation sites (N-methyl/N-ethyl adjacent to an activating group) is 1. The Hall–Kier alpha value is -1.69.